The van der Waals surface area contributed by atoms with Gasteiger partial charge in [-0.25, -0.2) is 8.42 Å². The number of anilines is 1. The average Bonchev–Trinajstić information content (AvgIpc) is 2.91. The van der Waals surface area contributed by atoms with Crippen molar-refractivity contribution >= 4 is 21.6 Å². The Morgan fingerprint density at radius 2 is 1.45 bits per heavy atom. The summed E-state index contributed by atoms with van der Waals surface area (Å²) in [6.07, 6.45) is 10.00. The Bertz CT molecular complexity index is 1100. The molecule has 0 saturated heterocycles. The van der Waals surface area contributed by atoms with Crippen molar-refractivity contribution in [3.05, 3.63) is 59.2 Å². The minimum Gasteiger partial charge on any atom is -0.506 e. The van der Waals surface area contributed by atoms with E-state index in [2.05, 4.69) is 34.3 Å². The highest BCUT2D eigenvalue weighted by molar-refractivity contribution is 7.92. The molecule has 2 rings (SSSR count). The summed E-state index contributed by atoms with van der Waals surface area (Å²) in [5, 5.41) is 13.2. The van der Waals surface area contributed by atoms with E-state index in [1.54, 1.807) is 12.1 Å². The van der Waals surface area contributed by atoms with E-state index in [0.717, 1.165) is 108 Å². The molecule has 9 heteroatoms. The predicted octanol–water partition coefficient (Wildman–Crippen LogP) is 4.91. The van der Waals surface area contributed by atoms with Crippen LogP contribution in [0.5, 0.6) is 5.75 Å². The Hall–Kier alpha value is -2.62. The molecule has 2 aromatic carbocycles. The number of nitrogens with zero attached hydrogens (tertiary/aromatic N) is 1. The second kappa shape index (κ2) is 18.7. The molecule has 0 aromatic heterocycles. The fourth-order valence-electron chi connectivity index (χ4n) is 4.51. The van der Waals surface area contributed by atoms with Crippen LogP contribution < -0.4 is 10.0 Å². The summed E-state index contributed by atoms with van der Waals surface area (Å²) in [5.74, 6) is 0.116. The zero-order valence-electron chi connectivity index (χ0n) is 24.6. The lowest BCUT2D eigenvalue weighted by atomic mass is 10.0. The van der Waals surface area contributed by atoms with Crippen LogP contribution in [0.4, 0.5) is 5.69 Å². The molecule has 0 radical (unpaired) electrons. The smallest absolute Gasteiger partial charge is 0.229 e. The van der Waals surface area contributed by atoms with Gasteiger partial charge in [0.15, 0.2) is 0 Å². The number of aryl methyl sites for hydroxylation is 1. The molecule has 2 aromatic rings. The molecule has 0 unspecified atom stereocenters. The summed E-state index contributed by atoms with van der Waals surface area (Å²) in [6, 6.07) is 13.4. The molecule has 0 fully saturated rings. The summed E-state index contributed by atoms with van der Waals surface area (Å²) in [7, 11) is -3.43. The summed E-state index contributed by atoms with van der Waals surface area (Å²) >= 11 is 0. The van der Waals surface area contributed by atoms with E-state index in [-0.39, 0.29) is 17.3 Å². The number of unbranched alkanes of at least 4 members (excludes halogenated alkanes) is 4. The van der Waals surface area contributed by atoms with Gasteiger partial charge in [0, 0.05) is 26.3 Å². The van der Waals surface area contributed by atoms with Gasteiger partial charge in [-0.3, -0.25) is 9.52 Å². The van der Waals surface area contributed by atoms with Gasteiger partial charge >= 0.3 is 0 Å². The van der Waals surface area contributed by atoms with Gasteiger partial charge in [-0.1, -0.05) is 43.2 Å². The Kier molecular flexibility index (Phi) is 15.7. The van der Waals surface area contributed by atoms with Crippen LogP contribution in [-0.2, 0) is 38.8 Å². The van der Waals surface area contributed by atoms with Crippen molar-refractivity contribution < 1.29 is 23.1 Å². The predicted molar refractivity (Wildman–Crippen MR) is 163 cm³/mol. The molecule has 0 aliphatic carbocycles. The molecule has 40 heavy (non-hydrogen) atoms. The van der Waals surface area contributed by atoms with E-state index in [1.807, 2.05) is 18.7 Å². The molecule has 0 atom stereocenters. The number of hydrogen-bond donors (Lipinski definition) is 3. The summed E-state index contributed by atoms with van der Waals surface area (Å²) in [6.45, 7) is 8.91. The maximum absolute atomic E-state index is 12.2. The Morgan fingerprint density at radius 3 is 2.12 bits per heavy atom. The molecular weight excluding hydrogens is 526 g/mol. The largest absolute Gasteiger partial charge is 0.506 e. The van der Waals surface area contributed by atoms with Crippen LogP contribution in [0.3, 0.4) is 0 Å². The lowest BCUT2D eigenvalue weighted by Crippen LogP contribution is -2.31. The maximum atomic E-state index is 12.2. The normalized spacial score (nSPS) is 11.5. The minimum absolute atomic E-state index is 0.0749. The van der Waals surface area contributed by atoms with E-state index >= 15 is 0 Å². The first-order valence-electron chi connectivity index (χ1n) is 14.7. The van der Waals surface area contributed by atoms with Crippen LogP contribution in [0.15, 0.2) is 42.5 Å². The summed E-state index contributed by atoms with van der Waals surface area (Å²) in [5.41, 5.74) is 3.57. The standard InChI is InChI=1S/C31H49N3O5S/c1-4-34(5-2)31(36)25-27-15-13-26(14-16-27)12-8-11-23-39-22-10-7-6-9-20-32-21-19-28-17-18-30(35)29(24-28)33-40(3,37)38/h13-18,24,32-33,35H,4-12,19-23,25H2,1-3H3. The first kappa shape index (κ1) is 33.6. The Morgan fingerprint density at radius 1 is 0.825 bits per heavy atom. The van der Waals surface area contributed by atoms with Gasteiger partial charge in [0.05, 0.1) is 18.4 Å². The number of ether oxygens (including phenoxy) is 1. The lowest BCUT2D eigenvalue weighted by molar-refractivity contribution is -0.130. The van der Waals surface area contributed by atoms with Gasteiger partial charge in [0.25, 0.3) is 0 Å². The molecule has 0 aliphatic heterocycles. The number of nitrogens with one attached hydrogen (secondary N) is 2. The Labute approximate surface area is 241 Å². The van der Waals surface area contributed by atoms with Gasteiger partial charge in [0.1, 0.15) is 5.75 Å². The van der Waals surface area contributed by atoms with E-state index in [9.17, 15) is 18.3 Å². The number of carbonyl (C=O) groups is 1. The third-order valence-electron chi connectivity index (χ3n) is 6.84. The van der Waals surface area contributed by atoms with Crippen molar-refractivity contribution in [2.75, 3.05) is 50.4 Å². The maximum Gasteiger partial charge on any atom is 0.229 e. The van der Waals surface area contributed by atoms with Crippen LogP contribution in [0.1, 0.15) is 69.1 Å². The van der Waals surface area contributed by atoms with E-state index in [1.165, 1.54) is 11.6 Å². The molecular formula is C31H49N3O5S. The number of phenolic OH excluding ortho intramolecular Hbond substituents is 1. The lowest BCUT2D eigenvalue weighted by Gasteiger charge is -2.18. The summed E-state index contributed by atoms with van der Waals surface area (Å²) in [4.78, 5) is 14.1. The molecule has 0 bridgehead atoms. The first-order valence-corrected chi connectivity index (χ1v) is 16.5. The number of sulfonamides is 1. The molecule has 0 saturated carbocycles. The molecule has 8 nitrogen and oxygen atoms in total. The fourth-order valence-corrected chi connectivity index (χ4v) is 5.07. The molecule has 0 aliphatic rings. The van der Waals surface area contributed by atoms with Crippen LogP contribution >= 0.6 is 0 Å². The Balaban J connectivity index is 1.43. The van der Waals surface area contributed by atoms with Crippen LogP contribution in [-0.4, -0.2) is 70.0 Å². The van der Waals surface area contributed by atoms with Crippen molar-refractivity contribution in [3.8, 4) is 5.75 Å². The van der Waals surface area contributed by atoms with Crippen LogP contribution in [0, 0.1) is 0 Å². The number of hydrogen-bond acceptors (Lipinski definition) is 6. The number of amides is 1. The monoisotopic (exact) mass is 575 g/mol. The number of phenols is 1. The minimum atomic E-state index is -3.43. The van der Waals surface area contributed by atoms with Gasteiger partial charge in [0.2, 0.25) is 15.9 Å². The highest BCUT2D eigenvalue weighted by atomic mass is 32.2. The third-order valence-corrected chi connectivity index (χ3v) is 7.43. The van der Waals surface area contributed by atoms with Gasteiger partial charge < -0.3 is 20.1 Å². The van der Waals surface area contributed by atoms with Crippen molar-refractivity contribution in [3.63, 3.8) is 0 Å². The summed E-state index contributed by atoms with van der Waals surface area (Å²) < 4.78 is 31.0. The third kappa shape index (κ3) is 14.1. The molecule has 3 N–H and O–H groups in total. The molecule has 224 valence electrons. The molecule has 0 spiro atoms. The van der Waals surface area contributed by atoms with Crippen molar-refractivity contribution in [1.29, 1.82) is 0 Å². The number of likely N-dealkylation sites (N-methyl/N-ethyl adjacent to an activating group) is 1. The van der Waals surface area contributed by atoms with Crippen LogP contribution in [0.25, 0.3) is 0 Å². The van der Waals surface area contributed by atoms with E-state index in [0.29, 0.717) is 6.42 Å². The molecule has 0 heterocycles. The second-order valence-electron chi connectivity index (χ2n) is 10.3. The van der Waals surface area contributed by atoms with E-state index in [4.69, 9.17) is 4.74 Å². The second-order valence-corrected chi connectivity index (χ2v) is 12.0. The van der Waals surface area contributed by atoms with Gasteiger partial charge in [-0.2, -0.15) is 0 Å². The van der Waals surface area contributed by atoms with Crippen molar-refractivity contribution in [1.82, 2.24) is 10.2 Å². The van der Waals surface area contributed by atoms with Crippen molar-refractivity contribution in [2.24, 2.45) is 0 Å². The number of carbonyl (C=O) groups excluding carboxylic acids is 1. The highest BCUT2D eigenvalue weighted by Gasteiger charge is 2.10. The zero-order valence-corrected chi connectivity index (χ0v) is 25.4. The zero-order chi connectivity index (χ0) is 29.2. The van der Waals surface area contributed by atoms with Crippen LogP contribution in [0.2, 0.25) is 0 Å². The van der Waals surface area contributed by atoms with E-state index < -0.39 is 10.0 Å². The highest BCUT2D eigenvalue weighted by Crippen LogP contribution is 2.25. The van der Waals surface area contributed by atoms with Gasteiger partial charge in [-0.15, -0.1) is 0 Å². The SMILES string of the molecule is CCN(CC)C(=O)Cc1ccc(CCCCOCCCCCCNCCc2ccc(O)c(NS(C)(=O)=O)c2)cc1. The topological polar surface area (TPSA) is 108 Å². The average molecular weight is 576 g/mol. The number of rotatable bonds is 21. The first-order chi connectivity index (χ1) is 19.2. The number of benzene rings is 2. The number of aromatic hydroxyl groups is 1. The fraction of sp³-hybridized carbons (Fsp3) is 0.581. The van der Waals surface area contributed by atoms with Crippen molar-refractivity contribution in [2.45, 2.75) is 71.6 Å². The molecule has 1 amide bonds. The van der Waals surface area contributed by atoms with Gasteiger partial charge in [-0.05, 0) is 94.3 Å². The quantitative estimate of drug-likeness (QED) is 0.144.